The second kappa shape index (κ2) is 2.77. The number of fused-ring (bicyclic) bond motifs is 1. The van der Waals surface area contributed by atoms with Gasteiger partial charge in [-0.15, -0.1) is 0 Å². The summed E-state index contributed by atoms with van der Waals surface area (Å²) in [6.07, 6.45) is 1.82. The fraction of sp³-hybridized carbons (Fsp3) is 0.167. The summed E-state index contributed by atoms with van der Waals surface area (Å²) in [6, 6.07) is 0. The van der Waals surface area contributed by atoms with Crippen molar-refractivity contribution in [2.24, 2.45) is 0 Å². The van der Waals surface area contributed by atoms with E-state index in [4.69, 9.17) is 0 Å². The lowest BCUT2D eigenvalue weighted by Gasteiger charge is -1.83. The van der Waals surface area contributed by atoms with Crippen LogP contribution in [0.15, 0.2) is 14.7 Å². The molecule has 3 N–H and O–H groups in total. The number of aromatic amines is 3. The standard InChI is InChI=1S/C6H6N4O2S/c1-13-6-7-2-3(9-6)8-5(12)10-4(2)11/h1H3,(H3,7,8,9,10,11,12). The van der Waals surface area contributed by atoms with Gasteiger partial charge in [-0.25, -0.2) is 9.78 Å². The molecule has 13 heavy (non-hydrogen) atoms. The van der Waals surface area contributed by atoms with Crippen LogP contribution in [-0.2, 0) is 0 Å². The monoisotopic (exact) mass is 198 g/mol. The molecule has 0 aliphatic rings. The average Bonchev–Trinajstić information content (AvgIpc) is 2.47. The summed E-state index contributed by atoms with van der Waals surface area (Å²) in [4.78, 5) is 33.3. The minimum absolute atomic E-state index is 0.290. The molecule has 0 spiro atoms. The van der Waals surface area contributed by atoms with Gasteiger partial charge in [0.15, 0.2) is 10.8 Å². The minimum atomic E-state index is -0.545. The molecule has 0 saturated carbocycles. The lowest BCUT2D eigenvalue weighted by molar-refractivity contribution is 1.06. The van der Waals surface area contributed by atoms with Crippen molar-refractivity contribution in [2.75, 3.05) is 6.26 Å². The summed E-state index contributed by atoms with van der Waals surface area (Å²) < 4.78 is 0. The van der Waals surface area contributed by atoms with Gasteiger partial charge >= 0.3 is 5.69 Å². The van der Waals surface area contributed by atoms with Gasteiger partial charge in [0.05, 0.1) is 0 Å². The molecular formula is C6H6N4O2S. The zero-order chi connectivity index (χ0) is 9.42. The highest BCUT2D eigenvalue weighted by atomic mass is 32.2. The maximum absolute atomic E-state index is 11.2. The molecule has 0 saturated heterocycles. The number of imidazole rings is 1. The zero-order valence-electron chi connectivity index (χ0n) is 6.67. The smallest absolute Gasteiger partial charge is 0.327 e. The van der Waals surface area contributed by atoms with Crippen molar-refractivity contribution in [3.63, 3.8) is 0 Å². The Labute approximate surface area is 75.8 Å². The Kier molecular flexibility index (Phi) is 1.73. The van der Waals surface area contributed by atoms with Crippen LogP contribution in [0.25, 0.3) is 11.2 Å². The van der Waals surface area contributed by atoms with Crippen molar-refractivity contribution in [3.8, 4) is 0 Å². The van der Waals surface area contributed by atoms with Crippen molar-refractivity contribution in [3.05, 3.63) is 20.8 Å². The third kappa shape index (κ3) is 1.26. The van der Waals surface area contributed by atoms with Gasteiger partial charge in [0, 0.05) is 0 Å². The lowest BCUT2D eigenvalue weighted by atomic mass is 10.5. The summed E-state index contributed by atoms with van der Waals surface area (Å²) in [5, 5.41) is 0.599. The topological polar surface area (TPSA) is 94.4 Å². The molecule has 0 bridgehead atoms. The molecule has 2 heterocycles. The summed E-state index contributed by atoms with van der Waals surface area (Å²) in [5.74, 6) is 0. The molecule has 6 nitrogen and oxygen atoms in total. The Hall–Kier alpha value is -1.50. The van der Waals surface area contributed by atoms with Gasteiger partial charge in [0.2, 0.25) is 0 Å². The Morgan fingerprint density at radius 3 is 2.69 bits per heavy atom. The van der Waals surface area contributed by atoms with Crippen molar-refractivity contribution in [1.29, 1.82) is 0 Å². The quantitative estimate of drug-likeness (QED) is 0.546. The molecule has 0 fully saturated rings. The summed E-state index contributed by atoms with van der Waals surface area (Å²) in [7, 11) is 0. The fourth-order valence-corrected chi connectivity index (χ4v) is 1.39. The van der Waals surface area contributed by atoms with E-state index in [0.29, 0.717) is 10.7 Å². The van der Waals surface area contributed by atoms with Crippen molar-refractivity contribution < 1.29 is 0 Å². The second-order valence-corrected chi connectivity index (χ2v) is 3.17. The SMILES string of the molecule is CSc1nc2[nH]c(=O)[nH]c(=O)c2[nH]1. The zero-order valence-corrected chi connectivity index (χ0v) is 7.49. The molecule has 2 aromatic rings. The van der Waals surface area contributed by atoms with E-state index in [-0.39, 0.29) is 5.65 Å². The normalized spacial score (nSPS) is 10.8. The number of thioether (sulfide) groups is 1. The van der Waals surface area contributed by atoms with Crippen LogP contribution in [0.2, 0.25) is 0 Å². The van der Waals surface area contributed by atoms with E-state index in [1.165, 1.54) is 11.8 Å². The molecular weight excluding hydrogens is 192 g/mol. The Morgan fingerprint density at radius 2 is 2.00 bits per heavy atom. The highest BCUT2D eigenvalue weighted by Crippen LogP contribution is 2.10. The number of rotatable bonds is 1. The van der Waals surface area contributed by atoms with Gasteiger partial charge in [0.25, 0.3) is 5.56 Å². The number of H-pyrrole nitrogens is 3. The van der Waals surface area contributed by atoms with Gasteiger partial charge in [-0.1, -0.05) is 11.8 Å². The molecule has 68 valence electrons. The maximum atomic E-state index is 11.2. The summed E-state index contributed by atoms with van der Waals surface area (Å²) in [6.45, 7) is 0. The average molecular weight is 198 g/mol. The van der Waals surface area contributed by atoms with Gasteiger partial charge in [0.1, 0.15) is 5.52 Å². The number of hydrogen-bond donors (Lipinski definition) is 3. The molecule has 0 radical (unpaired) electrons. The molecule has 0 aliphatic heterocycles. The predicted molar refractivity (Wildman–Crippen MR) is 49.1 cm³/mol. The van der Waals surface area contributed by atoms with Crippen LogP contribution in [-0.4, -0.2) is 26.2 Å². The largest absolute Gasteiger partial charge is 0.327 e. The highest BCUT2D eigenvalue weighted by molar-refractivity contribution is 7.98. The van der Waals surface area contributed by atoms with Crippen LogP contribution in [0.3, 0.4) is 0 Å². The van der Waals surface area contributed by atoms with E-state index in [1.807, 2.05) is 6.26 Å². The van der Waals surface area contributed by atoms with E-state index < -0.39 is 11.2 Å². The first-order chi connectivity index (χ1) is 6.20. The van der Waals surface area contributed by atoms with E-state index in [0.717, 1.165) is 0 Å². The number of nitrogens with one attached hydrogen (secondary N) is 3. The maximum Gasteiger partial charge on any atom is 0.327 e. The minimum Gasteiger partial charge on any atom is -0.327 e. The molecule has 7 heteroatoms. The van der Waals surface area contributed by atoms with Crippen molar-refractivity contribution in [1.82, 2.24) is 19.9 Å². The Morgan fingerprint density at radius 1 is 1.23 bits per heavy atom. The van der Waals surface area contributed by atoms with Crippen LogP contribution in [0.1, 0.15) is 0 Å². The Balaban J connectivity index is 2.91. The molecule has 0 aromatic carbocycles. The summed E-state index contributed by atoms with van der Waals surface area (Å²) >= 11 is 1.37. The van der Waals surface area contributed by atoms with Gasteiger partial charge in [-0.2, -0.15) is 0 Å². The molecule has 0 atom stereocenters. The number of nitrogens with zero attached hydrogens (tertiary/aromatic N) is 1. The first-order valence-electron chi connectivity index (χ1n) is 3.47. The Bertz CT molecular complexity index is 551. The van der Waals surface area contributed by atoms with Gasteiger partial charge < -0.3 is 4.98 Å². The summed E-state index contributed by atoms with van der Waals surface area (Å²) in [5.41, 5.74) is -0.412. The first-order valence-corrected chi connectivity index (χ1v) is 4.69. The fourth-order valence-electron chi connectivity index (χ4n) is 1.01. The van der Waals surface area contributed by atoms with Crippen molar-refractivity contribution in [2.45, 2.75) is 5.16 Å². The van der Waals surface area contributed by atoms with E-state index in [9.17, 15) is 9.59 Å². The van der Waals surface area contributed by atoms with E-state index >= 15 is 0 Å². The van der Waals surface area contributed by atoms with Gasteiger partial charge in [-0.05, 0) is 6.26 Å². The van der Waals surface area contributed by atoms with E-state index in [1.54, 1.807) is 0 Å². The number of aromatic nitrogens is 4. The highest BCUT2D eigenvalue weighted by Gasteiger charge is 2.05. The van der Waals surface area contributed by atoms with Crippen LogP contribution in [0, 0.1) is 0 Å². The van der Waals surface area contributed by atoms with Crippen molar-refractivity contribution >= 4 is 22.9 Å². The molecule has 0 unspecified atom stereocenters. The third-order valence-corrected chi connectivity index (χ3v) is 2.14. The molecule has 2 rings (SSSR count). The number of hydrogen-bond acceptors (Lipinski definition) is 4. The predicted octanol–water partition coefficient (Wildman–Crippen LogP) is -0.339. The third-order valence-electron chi connectivity index (χ3n) is 1.56. The van der Waals surface area contributed by atoms with Crippen LogP contribution < -0.4 is 11.2 Å². The molecule has 2 aromatic heterocycles. The second-order valence-electron chi connectivity index (χ2n) is 2.38. The lowest BCUT2D eigenvalue weighted by Crippen LogP contribution is -2.21. The van der Waals surface area contributed by atoms with E-state index in [2.05, 4.69) is 19.9 Å². The molecule has 0 aliphatic carbocycles. The first kappa shape index (κ1) is 8.11. The van der Waals surface area contributed by atoms with Crippen LogP contribution in [0.5, 0.6) is 0 Å². The van der Waals surface area contributed by atoms with Crippen LogP contribution >= 0.6 is 11.8 Å². The van der Waals surface area contributed by atoms with Gasteiger partial charge in [-0.3, -0.25) is 14.8 Å². The van der Waals surface area contributed by atoms with Crippen LogP contribution in [0.4, 0.5) is 0 Å². The molecule has 0 amide bonds.